The van der Waals surface area contributed by atoms with E-state index in [-0.39, 0.29) is 6.23 Å². The molecule has 0 fully saturated rings. The summed E-state index contributed by atoms with van der Waals surface area (Å²) in [5.41, 5.74) is 0.945. The molecule has 0 spiro atoms. The van der Waals surface area contributed by atoms with E-state index in [1.54, 1.807) is 0 Å². The number of nitrogens with zero attached hydrogens (tertiary/aromatic N) is 1. The van der Waals surface area contributed by atoms with E-state index in [9.17, 15) is 4.79 Å². The number of nitrogens with one attached hydrogen (secondary N) is 1. The van der Waals surface area contributed by atoms with E-state index in [2.05, 4.69) is 21.0 Å². The first-order valence-electron chi connectivity index (χ1n) is 6.44. The van der Waals surface area contributed by atoms with E-state index in [1.807, 2.05) is 37.3 Å². The highest BCUT2D eigenvalue weighted by Gasteiger charge is 2.24. The Morgan fingerprint density at radius 1 is 1.38 bits per heavy atom. The number of H-pyrrole nitrogens is 1. The average molecular weight is 288 g/mol. The van der Waals surface area contributed by atoms with Crippen molar-refractivity contribution in [3.8, 4) is 0 Å². The second-order valence-corrected chi connectivity index (χ2v) is 4.03. The monoisotopic (exact) mass is 288 g/mol. The van der Waals surface area contributed by atoms with Gasteiger partial charge in [-0.3, -0.25) is 4.98 Å². The molecule has 1 aliphatic heterocycles. The number of ether oxygens (including phenoxy) is 2. The van der Waals surface area contributed by atoms with E-state index in [0.717, 1.165) is 5.56 Å². The van der Waals surface area contributed by atoms with Gasteiger partial charge in [0.25, 0.3) is 0 Å². The van der Waals surface area contributed by atoms with Gasteiger partial charge in [-0.25, -0.2) is 9.79 Å². The second-order valence-electron chi connectivity index (χ2n) is 4.03. The van der Waals surface area contributed by atoms with Crippen LogP contribution in [-0.4, -0.2) is 23.7 Å². The zero-order chi connectivity index (χ0) is 15.1. The molecular formula is C15H16N2O4. The van der Waals surface area contributed by atoms with E-state index in [1.165, 1.54) is 12.5 Å². The van der Waals surface area contributed by atoms with Crippen LogP contribution in [0.5, 0.6) is 0 Å². The SMILES string of the molecule is C=C1OC(c2ccccc2)=NC1OCC.O=c1[nH]cco1. The summed E-state index contributed by atoms with van der Waals surface area (Å²) < 4.78 is 15.0. The summed E-state index contributed by atoms with van der Waals surface area (Å²) in [7, 11) is 0. The Morgan fingerprint density at radius 3 is 2.67 bits per heavy atom. The quantitative estimate of drug-likeness (QED) is 0.940. The third-order valence-electron chi connectivity index (χ3n) is 2.53. The highest BCUT2D eigenvalue weighted by molar-refractivity contribution is 5.96. The van der Waals surface area contributed by atoms with Crippen molar-refractivity contribution >= 4 is 5.90 Å². The Bertz CT molecular complexity index is 641. The first-order valence-corrected chi connectivity index (χ1v) is 6.44. The van der Waals surface area contributed by atoms with Crippen molar-refractivity contribution in [2.75, 3.05) is 6.61 Å². The molecule has 0 bridgehead atoms. The normalized spacial score (nSPS) is 16.7. The minimum atomic E-state index is -0.407. The van der Waals surface area contributed by atoms with E-state index in [4.69, 9.17) is 9.47 Å². The lowest BCUT2D eigenvalue weighted by molar-refractivity contribution is 0.0817. The fourth-order valence-electron chi connectivity index (χ4n) is 1.61. The summed E-state index contributed by atoms with van der Waals surface area (Å²) in [6, 6.07) is 9.73. The number of benzene rings is 1. The Hall–Kier alpha value is -2.60. The van der Waals surface area contributed by atoms with Crippen molar-refractivity contribution in [2.24, 2.45) is 4.99 Å². The summed E-state index contributed by atoms with van der Waals surface area (Å²) in [5.74, 6) is 0.727. The largest absolute Gasteiger partial charge is 0.439 e. The van der Waals surface area contributed by atoms with Gasteiger partial charge in [-0.1, -0.05) is 24.8 Å². The zero-order valence-electron chi connectivity index (χ0n) is 11.6. The highest BCUT2D eigenvalue weighted by atomic mass is 16.6. The fraction of sp³-hybridized carbons (Fsp3) is 0.200. The Morgan fingerprint density at radius 2 is 2.14 bits per heavy atom. The molecule has 1 aromatic carbocycles. The van der Waals surface area contributed by atoms with Crippen LogP contribution in [0.1, 0.15) is 12.5 Å². The highest BCUT2D eigenvalue weighted by Crippen LogP contribution is 2.20. The Labute approximate surface area is 121 Å². The number of oxazole rings is 1. The molecule has 0 amide bonds. The van der Waals surface area contributed by atoms with Gasteiger partial charge in [0.2, 0.25) is 12.1 Å². The molecular weight excluding hydrogens is 272 g/mol. The van der Waals surface area contributed by atoms with Gasteiger partial charge >= 0.3 is 5.76 Å². The number of hydrogen-bond acceptors (Lipinski definition) is 5. The number of aliphatic imine (C=N–C) groups is 1. The standard InChI is InChI=1S/C12H13NO2.C3H3NO2/c1-3-14-11-9(2)15-12(13-11)10-7-5-4-6-8-10;5-3-4-1-2-6-3/h4-8,11H,2-3H2,1H3;1-2H,(H,4,5). The van der Waals surface area contributed by atoms with Crippen LogP contribution in [0.25, 0.3) is 0 Å². The first-order chi connectivity index (χ1) is 10.2. The van der Waals surface area contributed by atoms with E-state index >= 15 is 0 Å². The molecule has 2 heterocycles. The maximum Gasteiger partial charge on any atom is 0.416 e. The minimum Gasteiger partial charge on any atom is -0.439 e. The summed E-state index contributed by atoms with van der Waals surface area (Å²) in [4.78, 5) is 16.4. The van der Waals surface area contributed by atoms with Crippen LogP contribution < -0.4 is 5.76 Å². The molecule has 110 valence electrons. The molecule has 0 saturated carbocycles. The molecule has 1 aliphatic rings. The summed E-state index contributed by atoms with van der Waals surface area (Å²) in [5, 5.41) is 0. The van der Waals surface area contributed by atoms with Gasteiger partial charge < -0.3 is 13.9 Å². The van der Waals surface area contributed by atoms with Crippen molar-refractivity contribution < 1.29 is 13.9 Å². The molecule has 0 saturated heterocycles. The molecule has 2 aromatic rings. The van der Waals surface area contributed by atoms with Crippen molar-refractivity contribution in [3.05, 3.63) is 71.2 Å². The van der Waals surface area contributed by atoms with Crippen molar-refractivity contribution in [3.63, 3.8) is 0 Å². The number of hydrogen-bond donors (Lipinski definition) is 1. The smallest absolute Gasteiger partial charge is 0.416 e. The number of aromatic amines is 1. The van der Waals surface area contributed by atoms with Crippen molar-refractivity contribution in [1.82, 2.24) is 4.98 Å². The second kappa shape index (κ2) is 7.25. The molecule has 0 radical (unpaired) electrons. The van der Waals surface area contributed by atoms with Crippen molar-refractivity contribution in [1.29, 1.82) is 0 Å². The van der Waals surface area contributed by atoms with Crippen LogP contribution in [0.4, 0.5) is 0 Å². The fourth-order valence-corrected chi connectivity index (χ4v) is 1.61. The lowest BCUT2D eigenvalue weighted by Gasteiger charge is -2.05. The molecule has 1 N–H and O–H groups in total. The molecule has 1 atom stereocenters. The van der Waals surface area contributed by atoms with Crippen LogP contribution in [-0.2, 0) is 9.47 Å². The molecule has 6 nitrogen and oxygen atoms in total. The lowest BCUT2D eigenvalue weighted by Crippen LogP contribution is -2.08. The molecule has 3 rings (SSSR count). The lowest BCUT2D eigenvalue weighted by atomic mass is 10.2. The van der Waals surface area contributed by atoms with Crippen LogP contribution >= 0.6 is 0 Å². The van der Waals surface area contributed by atoms with Gasteiger partial charge in [0.1, 0.15) is 6.26 Å². The van der Waals surface area contributed by atoms with Crippen LogP contribution in [0, 0.1) is 0 Å². The van der Waals surface area contributed by atoms with E-state index in [0.29, 0.717) is 18.3 Å². The minimum absolute atomic E-state index is 0.356. The Kier molecular flexibility index (Phi) is 5.11. The van der Waals surface area contributed by atoms with Gasteiger partial charge in [0.15, 0.2) is 5.76 Å². The van der Waals surface area contributed by atoms with Gasteiger partial charge in [-0.15, -0.1) is 0 Å². The third kappa shape index (κ3) is 4.19. The topological polar surface area (TPSA) is 76.8 Å². The average Bonchev–Trinajstić information content (AvgIpc) is 3.11. The van der Waals surface area contributed by atoms with Gasteiger partial charge in [0.05, 0.1) is 0 Å². The molecule has 6 heteroatoms. The van der Waals surface area contributed by atoms with Crippen LogP contribution in [0.15, 0.2) is 69.3 Å². The van der Waals surface area contributed by atoms with Crippen LogP contribution in [0.3, 0.4) is 0 Å². The van der Waals surface area contributed by atoms with Crippen LogP contribution in [0.2, 0.25) is 0 Å². The maximum absolute atomic E-state index is 9.85. The molecule has 0 aliphatic carbocycles. The van der Waals surface area contributed by atoms with Gasteiger partial charge in [-0.05, 0) is 19.1 Å². The Balaban J connectivity index is 0.000000225. The number of rotatable bonds is 3. The van der Waals surface area contributed by atoms with E-state index < -0.39 is 5.76 Å². The van der Waals surface area contributed by atoms with Gasteiger partial charge in [-0.2, -0.15) is 0 Å². The summed E-state index contributed by atoms with van der Waals surface area (Å²) >= 11 is 0. The molecule has 1 aromatic heterocycles. The maximum atomic E-state index is 9.85. The van der Waals surface area contributed by atoms with Crippen molar-refractivity contribution in [2.45, 2.75) is 13.2 Å². The molecule has 1 unspecified atom stereocenters. The third-order valence-corrected chi connectivity index (χ3v) is 2.53. The molecule has 21 heavy (non-hydrogen) atoms. The zero-order valence-corrected chi connectivity index (χ0v) is 11.6. The van der Waals surface area contributed by atoms with Gasteiger partial charge in [0, 0.05) is 18.4 Å². The predicted molar refractivity (Wildman–Crippen MR) is 77.9 cm³/mol. The summed E-state index contributed by atoms with van der Waals surface area (Å²) in [6.07, 6.45) is 2.37. The summed E-state index contributed by atoms with van der Waals surface area (Å²) in [6.45, 7) is 6.28. The number of aromatic nitrogens is 1. The predicted octanol–water partition coefficient (Wildman–Crippen LogP) is 2.31. The first kappa shape index (κ1) is 14.8.